The number of allylic oxidation sites excluding steroid dienone is 4. The Kier molecular flexibility index (Phi) is 43.2. The van der Waals surface area contributed by atoms with Crippen molar-refractivity contribution in [2.24, 2.45) is 9.98 Å². The molecule has 0 amide bonds. The van der Waals surface area contributed by atoms with Gasteiger partial charge in [-0.3, -0.25) is 9.98 Å². The van der Waals surface area contributed by atoms with Gasteiger partial charge < -0.3 is 0 Å². The second-order valence-electron chi connectivity index (χ2n) is 18.7. The van der Waals surface area contributed by atoms with Crippen molar-refractivity contribution in [3.05, 3.63) is 84.0 Å². The van der Waals surface area contributed by atoms with Crippen molar-refractivity contribution >= 4 is 23.3 Å². The van der Waals surface area contributed by atoms with Crippen LogP contribution in [0.1, 0.15) is 269 Å². The first-order valence-corrected chi connectivity index (χ1v) is 27.4. The zero-order valence-electron chi connectivity index (χ0n) is 41.8. The maximum Gasteiger partial charge on any atom is 0.0665 e. The van der Waals surface area contributed by atoms with Gasteiger partial charge in [-0.25, -0.2) is 0 Å². The monoisotopic (exact) mass is 907 g/mol. The van der Waals surface area contributed by atoms with Crippen molar-refractivity contribution < 1.29 is 16.5 Å². The third kappa shape index (κ3) is 35.7. The minimum atomic E-state index is 0. The Labute approximate surface area is 402 Å². The summed E-state index contributed by atoms with van der Waals surface area (Å²) < 4.78 is 0. The van der Waals surface area contributed by atoms with Gasteiger partial charge >= 0.3 is 0 Å². The predicted molar refractivity (Wildman–Crippen MR) is 282 cm³/mol. The molecule has 0 aliphatic rings. The van der Waals surface area contributed by atoms with Gasteiger partial charge in [0.25, 0.3) is 0 Å². The topological polar surface area (TPSA) is 24.7 Å². The quantitative estimate of drug-likeness (QED) is 0.0274. The summed E-state index contributed by atoms with van der Waals surface area (Å²) >= 11 is 0. The zero-order valence-corrected chi connectivity index (χ0v) is 42.8. The normalized spacial score (nSPS) is 12.1. The number of aliphatic imine (C=N–C) groups is 2. The van der Waals surface area contributed by atoms with Gasteiger partial charge in [0, 0.05) is 22.7 Å². The fraction of sp³-hybridized carbons (Fsp3) is 0.700. The number of rotatable bonds is 44. The number of benzene rings is 2. The van der Waals surface area contributed by atoms with E-state index in [-0.39, 0.29) is 16.5 Å². The minimum absolute atomic E-state index is 0. The third-order valence-electron chi connectivity index (χ3n) is 12.8. The average molecular weight is 908 g/mol. The van der Waals surface area contributed by atoms with Crippen molar-refractivity contribution in [2.75, 3.05) is 0 Å². The smallest absolute Gasteiger partial charge is 0.0665 e. The molecular weight excluding hydrogens is 807 g/mol. The van der Waals surface area contributed by atoms with Gasteiger partial charge in [0.2, 0.25) is 0 Å². The van der Waals surface area contributed by atoms with Crippen LogP contribution in [-0.2, 0) is 29.3 Å². The Hall–Kier alpha value is -2.25. The van der Waals surface area contributed by atoms with E-state index in [1.165, 1.54) is 217 Å². The summed E-state index contributed by atoms with van der Waals surface area (Å²) in [6, 6.07) is 17.4. The molecule has 0 atom stereocenters. The summed E-state index contributed by atoms with van der Waals surface area (Å²) in [7, 11) is 0. The number of para-hydroxylation sites is 2. The Bertz CT molecular complexity index is 1390. The molecule has 360 valence electrons. The zero-order chi connectivity index (χ0) is 44.1. The van der Waals surface area contributed by atoms with Gasteiger partial charge in [-0.2, -0.15) is 0 Å². The van der Waals surface area contributed by atoms with Gasteiger partial charge in [0.15, 0.2) is 0 Å². The third-order valence-corrected chi connectivity index (χ3v) is 12.8. The Morgan fingerprint density at radius 2 is 0.683 bits per heavy atom. The molecule has 0 radical (unpaired) electrons. The number of unbranched alkanes of at least 4 members (excludes halogenated alkanes) is 31. The summed E-state index contributed by atoms with van der Waals surface area (Å²) in [6.07, 6.45) is 64.3. The molecule has 0 fully saturated rings. The van der Waals surface area contributed by atoms with Crippen molar-refractivity contribution in [1.29, 1.82) is 0 Å². The average Bonchev–Trinajstić information content (AvgIpc) is 3.29. The van der Waals surface area contributed by atoms with Crippen LogP contribution in [0.4, 0.5) is 11.4 Å². The standard InChI is InChI=1S/C60H100N2.Ni/c1-4-7-10-12-14-16-18-20-22-24-26-28-30-32-34-36-38-40-42-48-56-50-44-46-53-59(56)61-55-58(52-9-6-3)62-60-54-47-45-51-57(60)49-43-41-39-37-35-33-31-29-27-25-23-21-19-17-15-13-11-8-5-2;/h38-41,44-47,50-51,53-55H,4-37,42-43,48-49,52H2,1-3H3;. The molecule has 0 saturated heterocycles. The SMILES string of the molecule is CCCCCCCCCCCCCCCCCC=CCCc1ccccc1N=CC(CCCC)=Nc1ccccc1CCC=CCCCCCCCCCCCCCCCCC.[Ni]. The van der Waals surface area contributed by atoms with E-state index in [9.17, 15) is 0 Å². The Balaban J connectivity index is 0.0000198. The summed E-state index contributed by atoms with van der Waals surface area (Å²) in [4.78, 5) is 10.3. The molecule has 2 aromatic carbocycles. The molecule has 0 N–H and O–H groups in total. The van der Waals surface area contributed by atoms with E-state index >= 15 is 0 Å². The molecule has 0 saturated carbocycles. The van der Waals surface area contributed by atoms with E-state index < -0.39 is 0 Å². The van der Waals surface area contributed by atoms with Crippen LogP contribution in [-0.4, -0.2) is 11.9 Å². The molecule has 0 heterocycles. The van der Waals surface area contributed by atoms with Gasteiger partial charge in [0.1, 0.15) is 0 Å². The molecular formula is C60H100N2Ni. The van der Waals surface area contributed by atoms with Crippen LogP contribution in [0.25, 0.3) is 0 Å². The molecule has 2 nitrogen and oxygen atoms in total. The van der Waals surface area contributed by atoms with E-state index in [1.807, 2.05) is 0 Å². The first-order valence-electron chi connectivity index (χ1n) is 27.4. The Morgan fingerprint density at radius 3 is 1.08 bits per heavy atom. The van der Waals surface area contributed by atoms with Gasteiger partial charge in [-0.1, -0.05) is 268 Å². The van der Waals surface area contributed by atoms with Crippen LogP contribution >= 0.6 is 0 Å². The minimum Gasteiger partial charge on any atom is -0.255 e. The largest absolute Gasteiger partial charge is 0.255 e. The molecule has 0 spiro atoms. The van der Waals surface area contributed by atoms with Crippen molar-refractivity contribution in [3.8, 4) is 0 Å². The number of hydrogen-bond acceptors (Lipinski definition) is 2. The van der Waals surface area contributed by atoms with Crippen molar-refractivity contribution in [2.45, 2.75) is 271 Å². The predicted octanol–water partition coefficient (Wildman–Crippen LogP) is 20.8. The van der Waals surface area contributed by atoms with E-state index in [0.29, 0.717) is 0 Å². The molecule has 0 unspecified atom stereocenters. The van der Waals surface area contributed by atoms with Crippen LogP contribution in [0.15, 0.2) is 82.8 Å². The Morgan fingerprint density at radius 1 is 0.365 bits per heavy atom. The van der Waals surface area contributed by atoms with E-state index in [1.54, 1.807) is 0 Å². The molecule has 0 bridgehead atoms. The van der Waals surface area contributed by atoms with Crippen molar-refractivity contribution in [3.63, 3.8) is 0 Å². The van der Waals surface area contributed by atoms with E-state index in [0.717, 1.165) is 62.0 Å². The van der Waals surface area contributed by atoms with Gasteiger partial charge in [-0.05, 0) is 87.5 Å². The molecule has 2 aromatic rings. The molecule has 0 aliphatic carbocycles. The molecule has 0 aromatic heterocycles. The summed E-state index contributed by atoms with van der Waals surface area (Å²) in [5.41, 5.74) is 5.93. The van der Waals surface area contributed by atoms with Crippen LogP contribution in [0.2, 0.25) is 0 Å². The van der Waals surface area contributed by atoms with Crippen LogP contribution in [0, 0.1) is 0 Å². The van der Waals surface area contributed by atoms with Crippen LogP contribution in [0.5, 0.6) is 0 Å². The second-order valence-corrected chi connectivity index (χ2v) is 18.7. The summed E-state index contributed by atoms with van der Waals surface area (Å²) in [5, 5.41) is 0. The fourth-order valence-electron chi connectivity index (χ4n) is 8.70. The van der Waals surface area contributed by atoms with Crippen LogP contribution < -0.4 is 0 Å². The maximum atomic E-state index is 5.23. The fourth-order valence-corrected chi connectivity index (χ4v) is 8.70. The van der Waals surface area contributed by atoms with E-state index in [2.05, 4.69) is 99.8 Å². The summed E-state index contributed by atoms with van der Waals surface area (Å²) in [6.45, 7) is 6.87. The molecule has 2 rings (SSSR count). The number of hydrogen-bond donors (Lipinski definition) is 0. The van der Waals surface area contributed by atoms with Crippen molar-refractivity contribution in [1.82, 2.24) is 0 Å². The van der Waals surface area contributed by atoms with Gasteiger partial charge in [-0.15, -0.1) is 0 Å². The molecule has 63 heavy (non-hydrogen) atoms. The number of nitrogens with zero attached hydrogens (tertiary/aromatic N) is 2. The van der Waals surface area contributed by atoms with Crippen LogP contribution in [0.3, 0.4) is 0 Å². The first kappa shape index (κ1) is 58.8. The molecule has 0 aliphatic heterocycles. The summed E-state index contributed by atoms with van der Waals surface area (Å²) in [5.74, 6) is 0. The first-order chi connectivity index (χ1) is 30.8. The molecule has 3 heteroatoms. The van der Waals surface area contributed by atoms with E-state index in [4.69, 9.17) is 9.98 Å². The van der Waals surface area contributed by atoms with Gasteiger partial charge in [0.05, 0.1) is 17.1 Å². The second kappa shape index (κ2) is 46.3. The maximum absolute atomic E-state index is 5.23. The number of aryl methyl sites for hydroxylation is 2.